The Kier molecular flexibility index (Phi) is 8.42. The molecular formula is C62H39N3OS. The van der Waals surface area contributed by atoms with Gasteiger partial charge in [-0.2, -0.15) is 0 Å². The molecule has 4 aromatic heterocycles. The molecule has 0 bridgehead atoms. The summed E-state index contributed by atoms with van der Waals surface area (Å²) in [6.45, 7) is 0. The van der Waals surface area contributed by atoms with Crippen molar-refractivity contribution < 1.29 is 4.42 Å². The zero-order valence-corrected chi connectivity index (χ0v) is 37.0. The minimum atomic E-state index is 0.908. The fraction of sp³-hybridized carbons (Fsp3) is 0. The van der Waals surface area contributed by atoms with Gasteiger partial charge in [-0.15, -0.1) is 11.3 Å². The van der Waals surface area contributed by atoms with Crippen molar-refractivity contribution in [3.05, 3.63) is 237 Å². The molecule has 0 aliphatic rings. The SMILES string of the molecule is c1ccc(N(c2ccc(-c3ccc4c(c3)c3ccccc3n4-c3ccccc3)cc2)c2ccc(-c3cccc4sc5c(-c6ccc7c(c6)oc6ccccc67)c6ccccc6n5c34)cc2)cc1. The van der Waals surface area contributed by atoms with Crippen LogP contribution < -0.4 is 4.90 Å². The number of hydrogen-bond donors (Lipinski definition) is 0. The lowest BCUT2D eigenvalue weighted by Gasteiger charge is -2.26. The molecule has 0 unspecified atom stereocenters. The molecule has 67 heavy (non-hydrogen) atoms. The summed E-state index contributed by atoms with van der Waals surface area (Å²) in [5.41, 5.74) is 18.3. The Morgan fingerprint density at radius 1 is 0.373 bits per heavy atom. The van der Waals surface area contributed by atoms with Crippen LogP contribution in [0.3, 0.4) is 0 Å². The molecule has 0 spiro atoms. The van der Waals surface area contributed by atoms with Gasteiger partial charge in [0.25, 0.3) is 0 Å². The number of aromatic nitrogens is 2. The summed E-state index contributed by atoms with van der Waals surface area (Å²) in [5, 5.41) is 6.02. The lowest BCUT2D eigenvalue weighted by atomic mass is 10.0. The molecule has 0 radical (unpaired) electrons. The molecule has 0 aliphatic heterocycles. The number of benzene rings is 10. The van der Waals surface area contributed by atoms with Crippen molar-refractivity contribution in [2.45, 2.75) is 0 Å². The lowest BCUT2D eigenvalue weighted by molar-refractivity contribution is 0.669. The van der Waals surface area contributed by atoms with Gasteiger partial charge in [-0.3, -0.25) is 4.40 Å². The maximum Gasteiger partial charge on any atom is 0.136 e. The van der Waals surface area contributed by atoms with Gasteiger partial charge in [-0.25, -0.2) is 0 Å². The number of furan rings is 1. The van der Waals surface area contributed by atoms with Crippen LogP contribution in [0.25, 0.3) is 109 Å². The largest absolute Gasteiger partial charge is 0.456 e. The second-order valence-electron chi connectivity index (χ2n) is 17.3. The number of para-hydroxylation sites is 6. The minimum Gasteiger partial charge on any atom is -0.456 e. The maximum absolute atomic E-state index is 6.39. The summed E-state index contributed by atoms with van der Waals surface area (Å²) in [7, 11) is 0. The van der Waals surface area contributed by atoms with E-state index in [1.54, 1.807) is 0 Å². The van der Waals surface area contributed by atoms with Crippen molar-refractivity contribution in [1.29, 1.82) is 0 Å². The van der Waals surface area contributed by atoms with Crippen LogP contribution in [-0.4, -0.2) is 8.97 Å². The van der Waals surface area contributed by atoms with E-state index in [-0.39, 0.29) is 0 Å². The molecule has 0 atom stereocenters. The Bertz CT molecular complexity index is 4200. The molecule has 5 heteroatoms. The fourth-order valence-corrected chi connectivity index (χ4v) is 11.8. The van der Waals surface area contributed by atoms with Crippen LogP contribution in [0.2, 0.25) is 0 Å². The summed E-state index contributed by atoms with van der Waals surface area (Å²) in [6, 6.07) is 85.5. The first-order valence-electron chi connectivity index (χ1n) is 22.7. The standard InChI is InChI=1S/C62H39N3OS/c1-3-14-44(15-4-1)63(46-32-26-40(27-33-46)42-31-37-56-53(38-42)49-18-7-10-22-54(49)64(56)45-16-5-2-6-17-45)47-34-28-41(29-35-47)48-21-13-25-59-61(48)65-55-23-11-8-20-52(55)60(62(65)67-59)43-30-36-51-50-19-9-12-24-57(50)66-58(51)39-43/h1-39H. The van der Waals surface area contributed by atoms with Gasteiger partial charge in [0.05, 0.1) is 26.8 Å². The van der Waals surface area contributed by atoms with E-state index < -0.39 is 0 Å². The highest BCUT2D eigenvalue weighted by Crippen LogP contribution is 2.46. The lowest BCUT2D eigenvalue weighted by Crippen LogP contribution is -2.09. The minimum absolute atomic E-state index is 0.908. The summed E-state index contributed by atoms with van der Waals surface area (Å²) < 4.78 is 12.5. The molecule has 4 heterocycles. The summed E-state index contributed by atoms with van der Waals surface area (Å²) in [5.74, 6) is 0. The van der Waals surface area contributed by atoms with E-state index in [0.717, 1.165) is 44.6 Å². The molecule has 10 aromatic carbocycles. The molecule has 4 nitrogen and oxygen atoms in total. The van der Waals surface area contributed by atoms with Crippen LogP contribution in [0, 0.1) is 0 Å². The number of thiazole rings is 1. The van der Waals surface area contributed by atoms with Crippen molar-refractivity contribution in [3.8, 4) is 39.1 Å². The highest BCUT2D eigenvalue weighted by molar-refractivity contribution is 7.24. The van der Waals surface area contributed by atoms with E-state index in [1.807, 2.05) is 23.5 Å². The first-order chi connectivity index (χ1) is 33.2. The van der Waals surface area contributed by atoms with Gasteiger partial charge in [-0.1, -0.05) is 140 Å². The third kappa shape index (κ3) is 5.92. The number of rotatable bonds is 7. The fourth-order valence-electron chi connectivity index (χ4n) is 10.5. The number of anilines is 3. The Morgan fingerprint density at radius 3 is 1.76 bits per heavy atom. The maximum atomic E-state index is 6.39. The normalized spacial score (nSPS) is 11.9. The Hall–Kier alpha value is -8.64. The van der Waals surface area contributed by atoms with Crippen molar-refractivity contribution in [2.75, 3.05) is 4.90 Å². The average molecular weight is 874 g/mol. The third-order valence-corrected chi connectivity index (χ3v) is 14.7. The van der Waals surface area contributed by atoms with E-state index in [9.17, 15) is 0 Å². The first-order valence-corrected chi connectivity index (χ1v) is 23.6. The van der Waals surface area contributed by atoms with E-state index in [2.05, 4.69) is 238 Å². The Morgan fingerprint density at radius 2 is 0.970 bits per heavy atom. The summed E-state index contributed by atoms with van der Waals surface area (Å²) in [6.07, 6.45) is 0. The molecule has 0 aliphatic carbocycles. The molecule has 0 fully saturated rings. The van der Waals surface area contributed by atoms with Crippen molar-refractivity contribution >= 4 is 98.1 Å². The van der Waals surface area contributed by atoms with Gasteiger partial charge in [0.2, 0.25) is 0 Å². The molecular weight excluding hydrogens is 835 g/mol. The van der Waals surface area contributed by atoms with E-state index in [0.29, 0.717) is 0 Å². The van der Waals surface area contributed by atoms with Crippen LogP contribution >= 0.6 is 11.3 Å². The molecule has 14 rings (SSSR count). The predicted molar refractivity (Wildman–Crippen MR) is 283 cm³/mol. The van der Waals surface area contributed by atoms with Gasteiger partial charge >= 0.3 is 0 Å². The van der Waals surface area contributed by atoms with Crippen molar-refractivity contribution in [3.63, 3.8) is 0 Å². The molecule has 0 amide bonds. The zero-order chi connectivity index (χ0) is 44.0. The van der Waals surface area contributed by atoms with Crippen LogP contribution in [0.1, 0.15) is 0 Å². The molecule has 0 saturated heterocycles. The molecule has 0 saturated carbocycles. The number of fused-ring (bicyclic) bond motifs is 11. The average Bonchev–Trinajstić information content (AvgIpc) is 4.14. The van der Waals surface area contributed by atoms with E-state index >= 15 is 0 Å². The second-order valence-corrected chi connectivity index (χ2v) is 18.3. The second kappa shape index (κ2) is 15.0. The van der Waals surface area contributed by atoms with Gasteiger partial charge in [0.15, 0.2) is 0 Å². The van der Waals surface area contributed by atoms with Crippen LogP contribution in [-0.2, 0) is 0 Å². The topological polar surface area (TPSA) is 25.7 Å². The van der Waals surface area contributed by atoms with Crippen LogP contribution in [0.5, 0.6) is 0 Å². The van der Waals surface area contributed by atoms with E-state index in [4.69, 9.17) is 4.42 Å². The smallest absolute Gasteiger partial charge is 0.136 e. The summed E-state index contributed by atoms with van der Waals surface area (Å²) >= 11 is 1.85. The van der Waals surface area contributed by atoms with Crippen molar-refractivity contribution in [1.82, 2.24) is 8.97 Å². The van der Waals surface area contributed by atoms with Gasteiger partial charge in [-0.05, 0) is 119 Å². The van der Waals surface area contributed by atoms with E-state index in [1.165, 1.54) is 81.3 Å². The third-order valence-electron chi connectivity index (χ3n) is 13.5. The molecule has 0 N–H and O–H groups in total. The molecule has 14 aromatic rings. The highest BCUT2D eigenvalue weighted by atomic mass is 32.1. The summed E-state index contributed by atoms with van der Waals surface area (Å²) in [4.78, 5) is 3.58. The Balaban J connectivity index is 0.843. The van der Waals surface area contributed by atoms with Crippen LogP contribution in [0.15, 0.2) is 241 Å². The number of hydrogen-bond acceptors (Lipinski definition) is 3. The van der Waals surface area contributed by atoms with Gasteiger partial charge in [0.1, 0.15) is 16.0 Å². The quantitative estimate of drug-likeness (QED) is 0.159. The van der Waals surface area contributed by atoms with Gasteiger partial charge in [0, 0.05) is 60.8 Å². The molecule has 314 valence electrons. The predicted octanol–water partition coefficient (Wildman–Crippen LogP) is 17.8. The van der Waals surface area contributed by atoms with Gasteiger partial charge < -0.3 is 13.9 Å². The highest BCUT2D eigenvalue weighted by Gasteiger charge is 2.22. The van der Waals surface area contributed by atoms with Crippen LogP contribution in [0.4, 0.5) is 17.1 Å². The number of nitrogens with zero attached hydrogens (tertiary/aromatic N) is 3. The van der Waals surface area contributed by atoms with Crippen molar-refractivity contribution in [2.24, 2.45) is 0 Å². The Labute approximate surface area is 390 Å². The first kappa shape index (κ1) is 37.7. The monoisotopic (exact) mass is 873 g/mol. The zero-order valence-electron chi connectivity index (χ0n) is 36.2.